The minimum atomic E-state index is -0.329. The van der Waals surface area contributed by atoms with E-state index in [9.17, 15) is 9.59 Å². The first-order chi connectivity index (χ1) is 13.6. The van der Waals surface area contributed by atoms with Gasteiger partial charge in [-0.1, -0.05) is 18.2 Å². The lowest BCUT2D eigenvalue weighted by Crippen LogP contribution is -2.42. The predicted molar refractivity (Wildman–Crippen MR) is 106 cm³/mol. The third-order valence-electron chi connectivity index (χ3n) is 4.89. The maximum absolute atomic E-state index is 12.3. The zero-order chi connectivity index (χ0) is 19.5. The number of urea groups is 1. The van der Waals surface area contributed by atoms with Gasteiger partial charge in [-0.3, -0.25) is 4.79 Å². The van der Waals surface area contributed by atoms with Crippen LogP contribution in [0.15, 0.2) is 42.5 Å². The standard InChI is InChI=1S/C21H23N3O4/c1-14-8-9-15(11-17(14)24-10-4-7-20(24)25)23-21(26)22-12-16-13-27-18-5-2-3-6-19(18)28-16/h2-3,5-6,8-9,11,16H,4,7,10,12-13H2,1H3,(H2,22,23,26). The second kappa shape index (κ2) is 7.80. The Bertz CT molecular complexity index is 899. The van der Waals surface area contributed by atoms with Crippen LogP contribution in [0.5, 0.6) is 11.5 Å². The van der Waals surface area contributed by atoms with E-state index in [1.165, 1.54) is 0 Å². The molecule has 4 rings (SSSR count). The summed E-state index contributed by atoms with van der Waals surface area (Å²) >= 11 is 0. The average Bonchev–Trinajstić information content (AvgIpc) is 3.13. The molecular weight excluding hydrogens is 358 g/mol. The van der Waals surface area contributed by atoms with E-state index in [1.807, 2.05) is 49.4 Å². The molecular formula is C21H23N3O4. The molecule has 2 aliphatic rings. The molecule has 28 heavy (non-hydrogen) atoms. The summed E-state index contributed by atoms with van der Waals surface area (Å²) in [4.78, 5) is 26.1. The van der Waals surface area contributed by atoms with Gasteiger partial charge in [-0.2, -0.15) is 0 Å². The Balaban J connectivity index is 1.34. The van der Waals surface area contributed by atoms with Crippen LogP contribution in [-0.4, -0.2) is 37.7 Å². The van der Waals surface area contributed by atoms with Gasteiger partial charge in [-0.25, -0.2) is 4.79 Å². The molecule has 2 aliphatic heterocycles. The third kappa shape index (κ3) is 3.88. The lowest BCUT2D eigenvalue weighted by atomic mass is 10.1. The molecule has 1 atom stereocenters. The highest BCUT2D eigenvalue weighted by atomic mass is 16.6. The summed E-state index contributed by atoms with van der Waals surface area (Å²) in [5.74, 6) is 1.52. The molecule has 2 N–H and O–H groups in total. The quantitative estimate of drug-likeness (QED) is 0.853. The van der Waals surface area contributed by atoms with Crippen LogP contribution in [0.1, 0.15) is 18.4 Å². The Morgan fingerprint density at radius 1 is 1.21 bits per heavy atom. The first-order valence-corrected chi connectivity index (χ1v) is 9.44. The van der Waals surface area contributed by atoms with Gasteiger partial charge in [0.05, 0.1) is 6.54 Å². The van der Waals surface area contributed by atoms with Crippen LogP contribution in [0.2, 0.25) is 0 Å². The van der Waals surface area contributed by atoms with E-state index in [0.29, 0.717) is 36.8 Å². The zero-order valence-electron chi connectivity index (χ0n) is 15.7. The minimum absolute atomic E-state index is 0.124. The first-order valence-electron chi connectivity index (χ1n) is 9.44. The molecule has 2 aromatic carbocycles. The van der Waals surface area contributed by atoms with Gasteiger partial charge in [-0.05, 0) is 43.2 Å². The normalized spacial score (nSPS) is 18.1. The number of anilines is 2. The van der Waals surface area contributed by atoms with Gasteiger partial charge in [-0.15, -0.1) is 0 Å². The molecule has 1 unspecified atom stereocenters. The largest absolute Gasteiger partial charge is 0.486 e. The molecule has 1 saturated heterocycles. The molecule has 7 heteroatoms. The van der Waals surface area contributed by atoms with Crippen molar-refractivity contribution in [2.45, 2.75) is 25.9 Å². The Morgan fingerprint density at radius 2 is 2.04 bits per heavy atom. The molecule has 2 heterocycles. The number of hydrogen-bond acceptors (Lipinski definition) is 4. The van der Waals surface area contributed by atoms with Gasteiger partial charge in [0.1, 0.15) is 6.61 Å². The molecule has 1 fully saturated rings. The van der Waals surface area contributed by atoms with Crippen molar-refractivity contribution in [1.82, 2.24) is 5.32 Å². The molecule has 0 radical (unpaired) electrons. The fourth-order valence-electron chi connectivity index (χ4n) is 3.43. The number of ether oxygens (including phenoxy) is 2. The Hall–Kier alpha value is -3.22. The summed E-state index contributed by atoms with van der Waals surface area (Å²) < 4.78 is 11.5. The molecule has 2 aromatic rings. The van der Waals surface area contributed by atoms with Gasteiger partial charge in [0.25, 0.3) is 0 Å². The number of fused-ring (bicyclic) bond motifs is 1. The fraction of sp³-hybridized carbons (Fsp3) is 0.333. The van der Waals surface area contributed by atoms with Gasteiger partial charge >= 0.3 is 6.03 Å². The first kappa shape index (κ1) is 18.2. The van der Waals surface area contributed by atoms with E-state index >= 15 is 0 Å². The Labute approximate surface area is 163 Å². The topological polar surface area (TPSA) is 79.9 Å². The summed E-state index contributed by atoms with van der Waals surface area (Å²) in [5.41, 5.74) is 2.50. The van der Waals surface area contributed by atoms with Crippen molar-refractivity contribution in [3.05, 3.63) is 48.0 Å². The van der Waals surface area contributed by atoms with Crippen molar-refractivity contribution >= 4 is 23.3 Å². The molecule has 3 amide bonds. The molecule has 0 spiro atoms. The van der Waals surface area contributed by atoms with Crippen molar-refractivity contribution in [3.8, 4) is 11.5 Å². The van der Waals surface area contributed by atoms with E-state index in [0.717, 1.165) is 24.2 Å². The smallest absolute Gasteiger partial charge is 0.319 e. The van der Waals surface area contributed by atoms with Gasteiger partial charge < -0.3 is 25.0 Å². The molecule has 0 aliphatic carbocycles. The van der Waals surface area contributed by atoms with Crippen molar-refractivity contribution in [3.63, 3.8) is 0 Å². The molecule has 0 aromatic heterocycles. The lowest BCUT2D eigenvalue weighted by Gasteiger charge is -2.26. The number of carbonyl (C=O) groups is 2. The number of benzene rings is 2. The van der Waals surface area contributed by atoms with Crippen LogP contribution in [0.25, 0.3) is 0 Å². The average molecular weight is 381 g/mol. The molecule has 0 saturated carbocycles. The van der Waals surface area contributed by atoms with Crippen LogP contribution < -0.4 is 25.0 Å². The van der Waals surface area contributed by atoms with Crippen molar-refractivity contribution in [2.24, 2.45) is 0 Å². The summed E-state index contributed by atoms with van der Waals surface area (Å²) in [6, 6.07) is 12.7. The van der Waals surface area contributed by atoms with Crippen LogP contribution in [0, 0.1) is 6.92 Å². The zero-order valence-corrected chi connectivity index (χ0v) is 15.7. The van der Waals surface area contributed by atoms with Crippen LogP contribution in [0.4, 0.5) is 16.2 Å². The van der Waals surface area contributed by atoms with Gasteiger partial charge in [0, 0.05) is 24.3 Å². The Kier molecular flexibility index (Phi) is 5.06. The van der Waals surface area contributed by atoms with E-state index in [-0.39, 0.29) is 18.0 Å². The predicted octanol–water partition coefficient (Wildman–Crippen LogP) is 3.08. The fourth-order valence-corrected chi connectivity index (χ4v) is 3.43. The number of nitrogens with one attached hydrogen (secondary N) is 2. The monoisotopic (exact) mass is 381 g/mol. The van der Waals surface area contributed by atoms with Crippen LogP contribution in [-0.2, 0) is 4.79 Å². The van der Waals surface area contributed by atoms with Gasteiger partial charge in [0.2, 0.25) is 5.91 Å². The number of amides is 3. The number of nitrogens with zero attached hydrogens (tertiary/aromatic N) is 1. The van der Waals surface area contributed by atoms with Crippen molar-refractivity contribution < 1.29 is 19.1 Å². The highest BCUT2D eigenvalue weighted by molar-refractivity contribution is 5.97. The Morgan fingerprint density at radius 3 is 2.82 bits per heavy atom. The molecule has 0 bridgehead atoms. The number of aryl methyl sites for hydroxylation is 1. The second-order valence-corrected chi connectivity index (χ2v) is 6.98. The minimum Gasteiger partial charge on any atom is -0.486 e. The van der Waals surface area contributed by atoms with E-state index in [1.54, 1.807) is 4.90 Å². The SMILES string of the molecule is Cc1ccc(NC(=O)NCC2COc3ccccc3O2)cc1N1CCCC1=O. The van der Waals surface area contributed by atoms with E-state index in [4.69, 9.17) is 9.47 Å². The summed E-state index contributed by atoms with van der Waals surface area (Å²) in [6.07, 6.45) is 1.18. The maximum Gasteiger partial charge on any atom is 0.319 e. The highest BCUT2D eigenvalue weighted by Crippen LogP contribution is 2.31. The lowest BCUT2D eigenvalue weighted by molar-refractivity contribution is -0.117. The van der Waals surface area contributed by atoms with E-state index < -0.39 is 0 Å². The third-order valence-corrected chi connectivity index (χ3v) is 4.89. The van der Waals surface area contributed by atoms with Crippen molar-refractivity contribution in [2.75, 3.05) is 29.9 Å². The number of carbonyl (C=O) groups excluding carboxylic acids is 2. The highest BCUT2D eigenvalue weighted by Gasteiger charge is 2.24. The van der Waals surface area contributed by atoms with Crippen LogP contribution >= 0.6 is 0 Å². The van der Waals surface area contributed by atoms with Crippen LogP contribution in [0.3, 0.4) is 0 Å². The number of rotatable bonds is 4. The molecule has 7 nitrogen and oxygen atoms in total. The number of hydrogen-bond donors (Lipinski definition) is 2. The summed E-state index contributed by atoms with van der Waals surface area (Å²) in [5, 5.41) is 5.63. The summed E-state index contributed by atoms with van der Waals surface area (Å²) in [7, 11) is 0. The number of para-hydroxylation sites is 2. The van der Waals surface area contributed by atoms with E-state index in [2.05, 4.69) is 10.6 Å². The van der Waals surface area contributed by atoms with Crippen molar-refractivity contribution in [1.29, 1.82) is 0 Å². The maximum atomic E-state index is 12.3. The second-order valence-electron chi connectivity index (χ2n) is 6.98. The molecule has 146 valence electrons. The van der Waals surface area contributed by atoms with Gasteiger partial charge in [0.15, 0.2) is 17.6 Å². The summed E-state index contributed by atoms with van der Waals surface area (Å²) in [6.45, 7) is 3.38.